The molecule has 1 fully saturated rings. The van der Waals surface area contributed by atoms with Crippen molar-refractivity contribution >= 4 is 30.7 Å². The maximum absolute atomic E-state index is 15.9. The first-order chi connectivity index (χ1) is 18.0. The second kappa shape index (κ2) is 10.9. The minimum Gasteiger partial charge on any atom is -0.468 e. The zero-order valence-corrected chi connectivity index (χ0v) is 22.4. The number of hydrogen-bond acceptors (Lipinski definition) is 11. The van der Waals surface area contributed by atoms with E-state index in [1.165, 1.54) is 31.9 Å². The fourth-order valence-electron chi connectivity index (χ4n) is 4.07. The molecule has 0 radical (unpaired) electrons. The topological polar surface area (TPSA) is 159 Å². The summed E-state index contributed by atoms with van der Waals surface area (Å²) in [6.45, 7) is 3.74. The first-order valence-electron chi connectivity index (χ1n) is 11.7. The first-order valence-corrected chi connectivity index (χ1v) is 13.3. The maximum Gasteiger partial charge on any atom is 0.459 e. The molecule has 1 aliphatic heterocycles. The summed E-state index contributed by atoms with van der Waals surface area (Å²) in [5.74, 6) is 0.369. The number of alkyl halides is 1. The number of benzene rings is 1. The molecular weight excluding hydrogens is 522 g/mol. The number of aromatic nitrogens is 4. The summed E-state index contributed by atoms with van der Waals surface area (Å²) in [6.07, 6.45) is -2.94. The van der Waals surface area contributed by atoms with Gasteiger partial charge in [-0.1, -0.05) is 18.2 Å². The van der Waals surface area contributed by atoms with Gasteiger partial charge in [0.1, 0.15) is 29.8 Å². The van der Waals surface area contributed by atoms with Crippen molar-refractivity contribution in [2.24, 2.45) is 0 Å². The molecule has 0 amide bonds. The van der Waals surface area contributed by atoms with E-state index in [1.54, 1.807) is 44.3 Å². The Balaban J connectivity index is 1.57. The second-order valence-corrected chi connectivity index (χ2v) is 10.6. The van der Waals surface area contributed by atoms with Gasteiger partial charge >= 0.3 is 13.7 Å². The number of aryl methyl sites for hydroxylation is 1. The summed E-state index contributed by atoms with van der Waals surface area (Å²) < 4.78 is 52.5. The average Bonchev–Trinajstić information content (AvgIpc) is 3.39. The summed E-state index contributed by atoms with van der Waals surface area (Å²) >= 11 is 0. The number of hydrogen-bond donors (Lipinski definition) is 3. The van der Waals surface area contributed by atoms with E-state index in [-0.39, 0.29) is 5.75 Å². The zero-order chi connectivity index (χ0) is 27.7. The minimum absolute atomic E-state index is 0.196. The highest BCUT2D eigenvalue weighted by Crippen LogP contribution is 2.48. The number of aliphatic hydroxyl groups excluding tert-OH is 1. The van der Waals surface area contributed by atoms with Gasteiger partial charge in [0.15, 0.2) is 28.9 Å². The van der Waals surface area contributed by atoms with Crippen LogP contribution < -0.4 is 14.9 Å². The molecule has 3 aromatic rings. The number of fused-ring (bicyclic) bond motifs is 1. The van der Waals surface area contributed by atoms with Crippen molar-refractivity contribution in [1.82, 2.24) is 24.6 Å². The van der Waals surface area contributed by atoms with Crippen LogP contribution in [-0.4, -0.2) is 75.3 Å². The van der Waals surface area contributed by atoms with Crippen LogP contribution >= 0.6 is 7.75 Å². The number of aliphatic hydroxyl groups is 1. The van der Waals surface area contributed by atoms with Gasteiger partial charge < -0.3 is 24.4 Å². The molecule has 3 N–H and O–H groups in total. The maximum atomic E-state index is 15.9. The molecule has 0 aliphatic carbocycles. The number of ether oxygens (including phenoxy) is 2. The molecule has 3 heterocycles. The van der Waals surface area contributed by atoms with Gasteiger partial charge in [-0.05, 0) is 32.9 Å². The van der Waals surface area contributed by atoms with Crippen molar-refractivity contribution in [3.05, 3.63) is 42.5 Å². The molecular formula is C23H30FN6O7P. The number of esters is 1. The Bertz CT molecular complexity index is 1340. The van der Waals surface area contributed by atoms with E-state index in [0.717, 1.165) is 0 Å². The van der Waals surface area contributed by atoms with Crippen molar-refractivity contribution < 1.29 is 37.4 Å². The molecule has 0 spiro atoms. The molecule has 1 aliphatic rings. The number of nitrogens with zero attached hydrogens (tertiary/aromatic N) is 4. The van der Waals surface area contributed by atoms with E-state index in [9.17, 15) is 14.5 Å². The molecule has 2 aromatic heterocycles. The minimum atomic E-state index is -4.23. The molecule has 15 heteroatoms. The quantitative estimate of drug-likeness (QED) is 0.250. The van der Waals surface area contributed by atoms with Crippen molar-refractivity contribution in [3.63, 3.8) is 0 Å². The lowest BCUT2D eigenvalue weighted by Crippen LogP contribution is -2.41. The molecule has 38 heavy (non-hydrogen) atoms. The van der Waals surface area contributed by atoms with Crippen LogP contribution in [0.2, 0.25) is 0 Å². The number of imidazole rings is 1. The smallest absolute Gasteiger partial charge is 0.459 e. The van der Waals surface area contributed by atoms with E-state index < -0.39 is 50.5 Å². The lowest BCUT2D eigenvalue weighted by Gasteiger charge is -2.25. The van der Waals surface area contributed by atoms with Gasteiger partial charge in [0.25, 0.3) is 0 Å². The molecule has 0 saturated carbocycles. The molecule has 1 saturated heterocycles. The van der Waals surface area contributed by atoms with Gasteiger partial charge in [-0.25, -0.2) is 23.9 Å². The van der Waals surface area contributed by atoms with E-state index in [2.05, 4.69) is 30.1 Å². The summed E-state index contributed by atoms with van der Waals surface area (Å²) in [6, 6.07) is 7.08. The van der Waals surface area contributed by atoms with E-state index >= 15 is 4.39 Å². The van der Waals surface area contributed by atoms with Crippen LogP contribution in [0.4, 0.5) is 10.2 Å². The SMILES string of the molecule is CNc1nc(C)nc2c1ncn2[C@@H]1O[C@H](CO[P@@](=O)(N[C@@H](C)C(=O)OC)Oc2ccccc2)[C@@H](O)[C@@]1(C)F. The number of para-hydroxylation sites is 1. The Morgan fingerprint density at radius 2 is 2.05 bits per heavy atom. The Kier molecular flexibility index (Phi) is 8.00. The van der Waals surface area contributed by atoms with Crippen LogP contribution in [0, 0.1) is 6.92 Å². The lowest BCUT2D eigenvalue weighted by atomic mass is 9.98. The molecule has 0 unspecified atom stereocenters. The monoisotopic (exact) mass is 552 g/mol. The number of rotatable bonds is 10. The Morgan fingerprint density at radius 3 is 2.71 bits per heavy atom. The summed E-state index contributed by atoms with van der Waals surface area (Å²) in [4.78, 5) is 24.9. The van der Waals surface area contributed by atoms with E-state index in [4.69, 9.17) is 13.8 Å². The van der Waals surface area contributed by atoms with Gasteiger partial charge in [0, 0.05) is 7.05 Å². The van der Waals surface area contributed by atoms with Gasteiger partial charge in [0.2, 0.25) is 0 Å². The standard InChI is InChI=1S/C23H30FN6O7P/c1-13(21(32)34-5)29-38(33,37-15-9-7-6-8-10-15)35-11-16-18(31)23(3,24)22(36-16)30-12-26-17-19(25-4)27-14(2)28-20(17)30/h6-10,12-13,16,18,22,31H,11H2,1-5H3,(H,29,33)(H,25,27,28)/t13-,16+,18+,22+,23+,38-/m0/s1. The van der Waals surface area contributed by atoms with Crippen LogP contribution in [0.5, 0.6) is 5.75 Å². The second-order valence-electron chi connectivity index (χ2n) is 8.89. The number of nitrogens with one attached hydrogen (secondary N) is 2. The van der Waals surface area contributed by atoms with Crippen LogP contribution in [0.25, 0.3) is 11.2 Å². The summed E-state index contributed by atoms with van der Waals surface area (Å²) in [5.41, 5.74) is -1.61. The van der Waals surface area contributed by atoms with Crippen LogP contribution in [0.1, 0.15) is 25.9 Å². The number of carbonyl (C=O) groups excluding carboxylic acids is 1. The fourth-order valence-corrected chi connectivity index (χ4v) is 5.57. The Morgan fingerprint density at radius 1 is 1.34 bits per heavy atom. The number of halogens is 1. The van der Waals surface area contributed by atoms with Gasteiger partial charge in [-0.15, -0.1) is 0 Å². The van der Waals surface area contributed by atoms with Crippen molar-refractivity contribution in [3.8, 4) is 5.75 Å². The highest BCUT2D eigenvalue weighted by molar-refractivity contribution is 7.52. The predicted molar refractivity (Wildman–Crippen MR) is 134 cm³/mol. The Labute approximate surface area is 218 Å². The number of anilines is 1. The van der Waals surface area contributed by atoms with Gasteiger partial charge in [-0.2, -0.15) is 5.09 Å². The predicted octanol–water partition coefficient (Wildman–Crippen LogP) is 2.52. The first kappa shape index (κ1) is 27.9. The van der Waals surface area contributed by atoms with Crippen LogP contribution in [0.15, 0.2) is 36.7 Å². The molecule has 6 atom stereocenters. The normalized spacial score (nSPS) is 25.6. The van der Waals surface area contributed by atoms with Crippen LogP contribution in [0.3, 0.4) is 0 Å². The molecule has 0 bridgehead atoms. The van der Waals surface area contributed by atoms with Crippen molar-refractivity contribution in [1.29, 1.82) is 0 Å². The largest absolute Gasteiger partial charge is 0.468 e. The number of carbonyl (C=O) groups is 1. The fraction of sp³-hybridized carbons (Fsp3) is 0.478. The van der Waals surface area contributed by atoms with E-state index in [1.807, 2.05) is 0 Å². The Hall–Kier alpha value is -3.16. The summed E-state index contributed by atoms with van der Waals surface area (Å²) in [5, 5.41) is 16.2. The van der Waals surface area contributed by atoms with Crippen molar-refractivity contribution in [2.75, 3.05) is 26.1 Å². The van der Waals surface area contributed by atoms with Gasteiger partial charge in [-0.3, -0.25) is 13.9 Å². The number of methoxy groups -OCH3 is 1. The lowest BCUT2D eigenvalue weighted by molar-refractivity contribution is -0.142. The summed E-state index contributed by atoms with van der Waals surface area (Å²) in [7, 11) is -1.38. The molecule has 13 nitrogen and oxygen atoms in total. The highest BCUT2D eigenvalue weighted by atomic mass is 31.2. The average molecular weight is 553 g/mol. The van der Waals surface area contributed by atoms with Crippen molar-refractivity contribution in [2.45, 2.75) is 50.9 Å². The third kappa shape index (κ3) is 5.49. The highest BCUT2D eigenvalue weighted by Gasteiger charge is 2.56. The zero-order valence-electron chi connectivity index (χ0n) is 21.5. The van der Waals surface area contributed by atoms with Crippen LogP contribution in [-0.2, 0) is 23.4 Å². The third-order valence-electron chi connectivity index (χ3n) is 6.02. The third-order valence-corrected chi connectivity index (χ3v) is 7.67. The molecule has 1 aromatic carbocycles. The molecule has 4 rings (SSSR count). The molecule has 206 valence electrons. The van der Waals surface area contributed by atoms with E-state index in [0.29, 0.717) is 22.8 Å². The van der Waals surface area contributed by atoms with Gasteiger partial charge in [0.05, 0.1) is 20.0 Å².